The van der Waals surface area contributed by atoms with Gasteiger partial charge in [0.15, 0.2) is 0 Å². The van der Waals surface area contributed by atoms with Crippen molar-refractivity contribution in [1.82, 2.24) is 5.32 Å². The molecule has 17 heavy (non-hydrogen) atoms. The zero-order valence-electron chi connectivity index (χ0n) is 10.9. The Balaban J connectivity index is 2.18. The van der Waals surface area contributed by atoms with Crippen molar-refractivity contribution in [2.24, 2.45) is 5.92 Å². The van der Waals surface area contributed by atoms with Gasteiger partial charge in [0.1, 0.15) is 0 Å². The van der Waals surface area contributed by atoms with Crippen LogP contribution in [0, 0.1) is 12.8 Å². The first-order valence-corrected chi connectivity index (χ1v) is 7.76. The summed E-state index contributed by atoms with van der Waals surface area (Å²) in [6.45, 7) is 3.35. The largest absolute Gasteiger partial charge is 0.319 e. The molecular weight excluding hydrogens is 226 g/mol. The summed E-state index contributed by atoms with van der Waals surface area (Å²) < 4.78 is 0. The van der Waals surface area contributed by atoms with Gasteiger partial charge in [-0.2, -0.15) is 11.8 Å². The SMILES string of the molecule is CNCC(c1ccccc1C)C1CCCSC1. The maximum Gasteiger partial charge on any atom is 0.00202 e. The van der Waals surface area contributed by atoms with Crippen LogP contribution in [-0.2, 0) is 0 Å². The van der Waals surface area contributed by atoms with E-state index < -0.39 is 0 Å². The number of nitrogens with one attached hydrogen (secondary N) is 1. The van der Waals surface area contributed by atoms with Crippen LogP contribution < -0.4 is 5.32 Å². The molecule has 2 unspecified atom stereocenters. The minimum atomic E-state index is 0.689. The first-order valence-electron chi connectivity index (χ1n) is 6.61. The zero-order chi connectivity index (χ0) is 12.1. The Morgan fingerprint density at radius 1 is 1.41 bits per heavy atom. The summed E-state index contributed by atoms with van der Waals surface area (Å²) >= 11 is 2.13. The zero-order valence-corrected chi connectivity index (χ0v) is 11.7. The fourth-order valence-electron chi connectivity index (χ4n) is 2.84. The van der Waals surface area contributed by atoms with E-state index in [0.717, 1.165) is 12.5 Å². The molecule has 2 heteroatoms. The van der Waals surface area contributed by atoms with Gasteiger partial charge < -0.3 is 5.32 Å². The lowest BCUT2D eigenvalue weighted by Gasteiger charge is -2.31. The molecule has 1 fully saturated rings. The molecule has 0 radical (unpaired) electrons. The van der Waals surface area contributed by atoms with Crippen molar-refractivity contribution < 1.29 is 0 Å². The topological polar surface area (TPSA) is 12.0 Å². The summed E-state index contributed by atoms with van der Waals surface area (Å²) in [7, 11) is 2.07. The van der Waals surface area contributed by atoms with Crippen LogP contribution in [0.15, 0.2) is 24.3 Å². The van der Waals surface area contributed by atoms with Crippen molar-refractivity contribution >= 4 is 11.8 Å². The smallest absolute Gasteiger partial charge is 0.00202 e. The van der Waals surface area contributed by atoms with Gasteiger partial charge in [0.2, 0.25) is 0 Å². The summed E-state index contributed by atoms with van der Waals surface area (Å²) in [4.78, 5) is 0. The van der Waals surface area contributed by atoms with Crippen molar-refractivity contribution in [3.63, 3.8) is 0 Å². The van der Waals surface area contributed by atoms with Gasteiger partial charge in [0, 0.05) is 12.5 Å². The van der Waals surface area contributed by atoms with Crippen LogP contribution in [0.5, 0.6) is 0 Å². The number of hydrogen-bond donors (Lipinski definition) is 1. The second-order valence-electron chi connectivity index (χ2n) is 5.00. The van der Waals surface area contributed by atoms with Gasteiger partial charge in [-0.3, -0.25) is 0 Å². The Hall–Kier alpha value is -0.470. The molecule has 1 aliphatic rings. The Labute approximate surface area is 109 Å². The Kier molecular flexibility index (Phi) is 4.93. The lowest BCUT2D eigenvalue weighted by Crippen LogP contribution is -2.28. The number of rotatable bonds is 4. The van der Waals surface area contributed by atoms with Crippen LogP contribution in [0.2, 0.25) is 0 Å². The molecule has 1 aromatic carbocycles. The van der Waals surface area contributed by atoms with E-state index in [-0.39, 0.29) is 0 Å². The highest BCUT2D eigenvalue weighted by Gasteiger charge is 2.25. The van der Waals surface area contributed by atoms with E-state index in [1.165, 1.54) is 29.9 Å². The van der Waals surface area contributed by atoms with E-state index in [0.29, 0.717) is 5.92 Å². The average molecular weight is 249 g/mol. The van der Waals surface area contributed by atoms with Gasteiger partial charge in [0.25, 0.3) is 0 Å². The highest BCUT2D eigenvalue weighted by molar-refractivity contribution is 7.99. The molecule has 2 rings (SSSR count). The Morgan fingerprint density at radius 3 is 2.88 bits per heavy atom. The number of likely N-dealkylation sites (N-methyl/N-ethyl adjacent to an activating group) is 1. The maximum atomic E-state index is 3.38. The standard InChI is InChI=1S/C15H23NS/c1-12-6-3-4-8-14(12)15(10-16-2)13-7-5-9-17-11-13/h3-4,6,8,13,15-16H,5,7,9-11H2,1-2H3. The minimum Gasteiger partial charge on any atom is -0.319 e. The second kappa shape index (κ2) is 6.46. The Morgan fingerprint density at radius 2 is 2.24 bits per heavy atom. The number of thioether (sulfide) groups is 1. The van der Waals surface area contributed by atoms with E-state index in [9.17, 15) is 0 Å². The highest BCUT2D eigenvalue weighted by Crippen LogP contribution is 2.35. The first-order chi connectivity index (χ1) is 8.33. The molecule has 0 aromatic heterocycles. The van der Waals surface area contributed by atoms with Crippen molar-refractivity contribution in [3.8, 4) is 0 Å². The molecule has 0 amide bonds. The second-order valence-corrected chi connectivity index (χ2v) is 6.15. The van der Waals surface area contributed by atoms with Crippen LogP contribution in [-0.4, -0.2) is 25.1 Å². The van der Waals surface area contributed by atoms with Gasteiger partial charge in [-0.15, -0.1) is 0 Å². The third-order valence-corrected chi connectivity index (χ3v) is 5.02. The fraction of sp³-hybridized carbons (Fsp3) is 0.600. The number of hydrogen-bond acceptors (Lipinski definition) is 2. The van der Waals surface area contributed by atoms with E-state index in [4.69, 9.17) is 0 Å². The summed E-state index contributed by atoms with van der Waals surface area (Å²) in [5.74, 6) is 4.23. The molecule has 0 saturated carbocycles. The molecule has 1 aromatic rings. The first kappa shape index (κ1) is 13.0. The van der Waals surface area contributed by atoms with Crippen molar-refractivity contribution in [1.29, 1.82) is 0 Å². The molecule has 1 saturated heterocycles. The predicted molar refractivity (Wildman–Crippen MR) is 77.9 cm³/mol. The maximum absolute atomic E-state index is 3.38. The molecule has 2 atom stereocenters. The third kappa shape index (κ3) is 3.26. The molecule has 0 bridgehead atoms. The normalized spacial score (nSPS) is 22.4. The molecule has 1 heterocycles. The van der Waals surface area contributed by atoms with Gasteiger partial charge in [-0.1, -0.05) is 24.3 Å². The molecule has 0 aliphatic carbocycles. The Bertz CT molecular complexity index is 345. The van der Waals surface area contributed by atoms with Crippen molar-refractivity contribution in [2.75, 3.05) is 25.1 Å². The van der Waals surface area contributed by atoms with Gasteiger partial charge in [-0.05, 0) is 55.4 Å². The lowest BCUT2D eigenvalue weighted by molar-refractivity contribution is 0.412. The molecular formula is C15H23NS. The highest BCUT2D eigenvalue weighted by atomic mass is 32.2. The monoisotopic (exact) mass is 249 g/mol. The van der Waals surface area contributed by atoms with Gasteiger partial charge in [-0.25, -0.2) is 0 Å². The van der Waals surface area contributed by atoms with Crippen molar-refractivity contribution in [3.05, 3.63) is 35.4 Å². The molecule has 1 nitrogen and oxygen atoms in total. The fourth-order valence-corrected chi connectivity index (χ4v) is 4.08. The summed E-state index contributed by atoms with van der Waals surface area (Å²) in [5.41, 5.74) is 3.00. The average Bonchev–Trinajstić information content (AvgIpc) is 2.38. The quantitative estimate of drug-likeness (QED) is 0.877. The molecule has 0 spiro atoms. The lowest BCUT2D eigenvalue weighted by atomic mass is 9.82. The van der Waals surface area contributed by atoms with E-state index >= 15 is 0 Å². The molecule has 94 valence electrons. The summed E-state index contributed by atoms with van der Waals surface area (Å²) in [6, 6.07) is 8.89. The van der Waals surface area contributed by atoms with E-state index in [1.807, 2.05) is 0 Å². The van der Waals surface area contributed by atoms with Crippen molar-refractivity contribution in [2.45, 2.75) is 25.7 Å². The molecule has 1 N–H and O–H groups in total. The van der Waals surface area contributed by atoms with Crippen LogP contribution >= 0.6 is 11.8 Å². The number of benzene rings is 1. The number of aryl methyl sites for hydroxylation is 1. The third-order valence-electron chi connectivity index (χ3n) is 3.78. The predicted octanol–water partition coefficient (Wildman–Crippen LogP) is 3.44. The van der Waals surface area contributed by atoms with E-state index in [1.54, 1.807) is 5.56 Å². The van der Waals surface area contributed by atoms with Crippen LogP contribution in [0.4, 0.5) is 0 Å². The van der Waals surface area contributed by atoms with Gasteiger partial charge in [0.05, 0.1) is 0 Å². The molecule has 1 aliphatic heterocycles. The summed E-state index contributed by atoms with van der Waals surface area (Å²) in [6.07, 6.45) is 2.79. The van der Waals surface area contributed by atoms with E-state index in [2.05, 4.69) is 55.3 Å². The van der Waals surface area contributed by atoms with Crippen LogP contribution in [0.1, 0.15) is 29.9 Å². The van der Waals surface area contributed by atoms with Crippen LogP contribution in [0.3, 0.4) is 0 Å². The minimum absolute atomic E-state index is 0.689. The summed E-state index contributed by atoms with van der Waals surface area (Å²) in [5, 5.41) is 3.38. The van der Waals surface area contributed by atoms with Gasteiger partial charge >= 0.3 is 0 Å². The van der Waals surface area contributed by atoms with Crippen LogP contribution in [0.25, 0.3) is 0 Å².